The molecule has 1 saturated carbocycles. The van der Waals surface area contributed by atoms with Gasteiger partial charge in [0.25, 0.3) is 0 Å². The van der Waals surface area contributed by atoms with Crippen molar-refractivity contribution in [1.82, 2.24) is 10.6 Å². The zero-order valence-electron chi connectivity index (χ0n) is 9.44. The van der Waals surface area contributed by atoms with Crippen LogP contribution in [0.1, 0.15) is 38.5 Å². The minimum Gasteiger partial charge on any atom is -0.345 e. The van der Waals surface area contributed by atoms with Crippen LogP contribution in [-0.4, -0.2) is 25.0 Å². The van der Waals surface area contributed by atoms with Gasteiger partial charge < -0.3 is 10.6 Å². The van der Waals surface area contributed by atoms with Gasteiger partial charge in [-0.1, -0.05) is 25.2 Å². The standard InChI is InChI=1S/C12H20N2O/c1-3-9-14-11(15)10-12(13-2)7-5-4-6-8-12/h1,13H,4-10H2,2H3,(H,14,15). The summed E-state index contributed by atoms with van der Waals surface area (Å²) in [6.07, 6.45) is 11.5. The summed E-state index contributed by atoms with van der Waals surface area (Å²) in [7, 11) is 1.94. The summed E-state index contributed by atoms with van der Waals surface area (Å²) in [4.78, 5) is 11.6. The Bertz CT molecular complexity index is 249. The van der Waals surface area contributed by atoms with E-state index in [1.165, 1.54) is 19.3 Å². The SMILES string of the molecule is C#CCNC(=O)CC1(NC)CCCCC1. The molecule has 84 valence electrons. The molecular formula is C12H20N2O. The molecule has 3 heteroatoms. The molecule has 3 nitrogen and oxygen atoms in total. The third-order valence-electron chi connectivity index (χ3n) is 3.23. The first-order chi connectivity index (χ1) is 7.22. The lowest BCUT2D eigenvalue weighted by molar-refractivity contribution is -0.122. The van der Waals surface area contributed by atoms with Crippen molar-refractivity contribution in [3.63, 3.8) is 0 Å². The highest BCUT2D eigenvalue weighted by molar-refractivity contribution is 5.77. The molecule has 0 bridgehead atoms. The van der Waals surface area contributed by atoms with Gasteiger partial charge in [0.1, 0.15) is 0 Å². The number of hydrogen-bond acceptors (Lipinski definition) is 2. The van der Waals surface area contributed by atoms with Crippen molar-refractivity contribution >= 4 is 5.91 Å². The summed E-state index contributed by atoms with van der Waals surface area (Å²) < 4.78 is 0. The lowest BCUT2D eigenvalue weighted by Crippen LogP contribution is -2.48. The summed E-state index contributed by atoms with van der Waals surface area (Å²) in [6, 6.07) is 0. The van der Waals surface area contributed by atoms with Crippen LogP contribution in [0.25, 0.3) is 0 Å². The Kier molecular flexibility index (Phi) is 4.64. The van der Waals surface area contributed by atoms with Gasteiger partial charge in [0, 0.05) is 12.0 Å². The average Bonchev–Trinajstić information content (AvgIpc) is 2.27. The molecule has 0 heterocycles. The lowest BCUT2D eigenvalue weighted by atomic mass is 9.79. The third kappa shape index (κ3) is 3.56. The maximum Gasteiger partial charge on any atom is 0.222 e. The van der Waals surface area contributed by atoms with Gasteiger partial charge in [-0.15, -0.1) is 6.42 Å². The van der Waals surface area contributed by atoms with Crippen LogP contribution in [0.4, 0.5) is 0 Å². The number of hydrogen-bond donors (Lipinski definition) is 2. The summed E-state index contributed by atoms with van der Waals surface area (Å²) in [5.74, 6) is 2.47. The van der Waals surface area contributed by atoms with Crippen LogP contribution in [0.5, 0.6) is 0 Å². The highest BCUT2D eigenvalue weighted by Crippen LogP contribution is 2.30. The molecule has 2 N–H and O–H groups in total. The van der Waals surface area contributed by atoms with Crippen LogP contribution in [0.15, 0.2) is 0 Å². The molecule has 0 aromatic rings. The predicted octanol–water partition coefficient (Wildman–Crippen LogP) is 1.05. The molecule has 0 aromatic carbocycles. The first-order valence-corrected chi connectivity index (χ1v) is 5.61. The van der Waals surface area contributed by atoms with Crippen LogP contribution in [0.3, 0.4) is 0 Å². The molecule has 15 heavy (non-hydrogen) atoms. The maximum atomic E-state index is 11.6. The second kappa shape index (κ2) is 5.77. The number of amides is 1. The monoisotopic (exact) mass is 208 g/mol. The van der Waals surface area contributed by atoms with Crippen LogP contribution in [0.2, 0.25) is 0 Å². The molecule has 1 aliphatic rings. The molecular weight excluding hydrogens is 188 g/mol. The molecule has 0 radical (unpaired) electrons. The molecule has 1 aliphatic carbocycles. The topological polar surface area (TPSA) is 41.1 Å². The lowest BCUT2D eigenvalue weighted by Gasteiger charge is -2.36. The van der Waals surface area contributed by atoms with E-state index in [0.29, 0.717) is 13.0 Å². The number of rotatable bonds is 4. The van der Waals surface area contributed by atoms with Gasteiger partial charge in [-0.3, -0.25) is 4.79 Å². The van der Waals surface area contributed by atoms with E-state index in [0.717, 1.165) is 12.8 Å². The van der Waals surface area contributed by atoms with E-state index >= 15 is 0 Å². The molecule has 0 unspecified atom stereocenters. The van der Waals surface area contributed by atoms with E-state index in [9.17, 15) is 4.79 Å². The van der Waals surface area contributed by atoms with E-state index in [2.05, 4.69) is 16.6 Å². The van der Waals surface area contributed by atoms with Crippen molar-refractivity contribution in [1.29, 1.82) is 0 Å². The van der Waals surface area contributed by atoms with Crippen LogP contribution in [0, 0.1) is 12.3 Å². The molecule has 1 fully saturated rings. The normalized spacial score (nSPS) is 19.2. The summed E-state index contributed by atoms with van der Waals surface area (Å²) in [6.45, 7) is 0.332. The minimum atomic E-state index is 0.0108. The quantitative estimate of drug-likeness (QED) is 0.678. The molecule has 1 amide bonds. The van der Waals surface area contributed by atoms with Gasteiger partial charge in [0.05, 0.1) is 6.54 Å². The fourth-order valence-electron chi connectivity index (χ4n) is 2.26. The number of terminal acetylenes is 1. The van der Waals surface area contributed by atoms with Gasteiger partial charge in [0.15, 0.2) is 0 Å². The maximum absolute atomic E-state index is 11.6. The van der Waals surface area contributed by atoms with E-state index in [4.69, 9.17) is 6.42 Å². The number of carbonyl (C=O) groups excluding carboxylic acids is 1. The van der Waals surface area contributed by atoms with E-state index in [-0.39, 0.29) is 11.4 Å². The van der Waals surface area contributed by atoms with Crippen LogP contribution in [-0.2, 0) is 4.79 Å². The minimum absolute atomic E-state index is 0.0108. The fraction of sp³-hybridized carbons (Fsp3) is 0.750. The number of nitrogens with one attached hydrogen (secondary N) is 2. The summed E-state index contributed by atoms with van der Waals surface area (Å²) in [5.41, 5.74) is 0.0108. The molecule has 1 rings (SSSR count). The Balaban J connectivity index is 2.44. The largest absolute Gasteiger partial charge is 0.345 e. The van der Waals surface area contributed by atoms with Crippen molar-refractivity contribution in [3.8, 4) is 12.3 Å². The number of carbonyl (C=O) groups is 1. The van der Waals surface area contributed by atoms with E-state index < -0.39 is 0 Å². The Labute approximate surface area is 92.0 Å². The van der Waals surface area contributed by atoms with Crippen molar-refractivity contribution in [3.05, 3.63) is 0 Å². The fourth-order valence-corrected chi connectivity index (χ4v) is 2.26. The summed E-state index contributed by atoms with van der Waals surface area (Å²) in [5, 5.41) is 6.04. The van der Waals surface area contributed by atoms with Gasteiger partial charge in [-0.25, -0.2) is 0 Å². The Morgan fingerprint density at radius 3 is 2.60 bits per heavy atom. The third-order valence-corrected chi connectivity index (χ3v) is 3.23. The van der Waals surface area contributed by atoms with Crippen molar-refractivity contribution in [2.45, 2.75) is 44.1 Å². The average molecular weight is 208 g/mol. The second-order valence-electron chi connectivity index (χ2n) is 4.25. The molecule has 0 aliphatic heterocycles. The molecule has 0 saturated heterocycles. The van der Waals surface area contributed by atoms with Gasteiger partial charge >= 0.3 is 0 Å². The highest BCUT2D eigenvalue weighted by Gasteiger charge is 2.32. The predicted molar refractivity (Wildman–Crippen MR) is 61.3 cm³/mol. The first kappa shape index (κ1) is 12.1. The summed E-state index contributed by atoms with van der Waals surface area (Å²) >= 11 is 0. The van der Waals surface area contributed by atoms with Gasteiger partial charge in [-0.2, -0.15) is 0 Å². The van der Waals surface area contributed by atoms with Gasteiger partial charge in [-0.05, 0) is 19.9 Å². The van der Waals surface area contributed by atoms with Crippen molar-refractivity contribution < 1.29 is 4.79 Å². The Morgan fingerprint density at radius 1 is 1.40 bits per heavy atom. The highest BCUT2D eigenvalue weighted by atomic mass is 16.1. The smallest absolute Gasteiger partial charge is 0.222 e. The molecule has 0 aromatic heterocycles. The zero-order valence-corrected chi connectivity index (χ0v) is 9.44. The van der Waals surface area contributed by atoms with Crippen LogP contribution < -0.4 is 10.6 Å². The molecule has 0 spiro atoms. The Morgan fingerprint density at radius 2 is 2.07 bits per heavy atom. The Hall–Kier alpha value is -1.01. The van der Waals surface area contributed by atoms with E-state index in [1.54, 1.807) is 0 Å². The van der Waals surface area contributed by atoms with E-state index in [1.807, 2.05) is 7.05 Å². The zero-order chi connectivity index (χ0) is 11.1. The van der Waals surface area contributed by atoms with Crippen LogP contribution >= 0.6 is 0 Å². The van der Waals surface area contributed by atoms with Crippen molar-refractivity contribution in [2.75, 3.05) is 13.6 Å². The van der Waals surface area contributed by atoms with Crippen molar-refractivity contribution in [2.24, 2.45) is 0 Å². The molecule has 0 atom stereocenters. The second-order valence-corrected chi connectivity index (χ2v) is 4.25. The van der Waals surface area contributed by atoms with Gasteiger partial charge in [0.2, 0.25) is 5.91 Å². The first-order valence-electron chi connectivity index (χ1n) is 5.61.